The van der Waals surface area contributed by atoms with E-state index in [1.165, 1.54) is 0 Å². The molecule has 6 aliphatic heterocycles. The molecule has 6 aliphatic rings. The second kappa shape index (κ2) is 11.4. The Hall–Kier alpha value is 0.541. The van der Waals surface area contributed by atoms with Crippen LogP contribution in [0.5, 0.6) is 0 Å². The van der Waals surface area contributed by atoms with Gasteiger partial charge >= 0.3 is 261 Å². The molecule has 42 heavy (non-hydrogen) atoms. The summed E-state index contributed by atoms with van der Waals surface area (Å²) in [5.74, 6) is 0. The minimum absolute atomic E-state index is 0.424. The average molecular weight is 768 g/mol. The minimum atomic E-state index is -4.64. The van der Waals surface area contributed by atoms with Gasteiger partial charge in [0.15, 0.2) is 0 Å². The zero-order valence-electron chi connectivity index (χ0n) is 25.4. The van der Waals surface area contributed by atoms with Crippen molar-refractivity contribution in [3.05, 3.63) is 40.8 Å². The van der Waals surface area contributed by atoms with Crippen molar-refractivity contribution in [2.75, 3.05) is 0 Å². The van der Waals surface area contributed by atoms with Crippen molar-refractivity contribution in [1.82, 2.24) is 0 Å². The van der Waals surface area contributed by atoms with Crippen LogP contribution in [0.2, 0.25) is 42.3 Å². The summed E-state index contributed by atoms with van der Waals surface area (Å²) < 4.78 is 85.8. The summed E-state index contributed by atoms with van der Waals surface area (Å²) in [6, 6.07) is 13.0. The molecule has 234 valence electrons. The van der Waals surface area contributed by atoms with Gasteiger partial charge in [-0.15, -0.1) is 0 Å². The van der Waals surface area contributed by atoms with Crippen molar-refractivity contribution in [2.45, 2.75) is 90.8 Å². The molecule has 7 rings (SSSR count). The van der Waals surface area contributed by atoms with Crippen LogP contribution >= 0.6 is 0 Å². The number of benzene rings is 1. The van der Waals surface area contributed by atoms with Gasteiger partial charge in [-0.1, -0.05) is 0 Å². The Labute approximate surface area is 259 Å². The molecule has 6 heterocycles. The Kier molecular flexibility index (Phi) is 8.78. The molecular formula is C22H42GeO12Si7. The van der Waals surface area contributed by atoms with Crippen molar-refractivity contribution >= 4 is 82.0 Å². The summed E-state index contributed by atoms with van der Waals surface area (Å²) in [5, 5.41) is 0. The normalized spacial score (nSPS) is 48.1. The molecule has 6 fully saturated rings. The van der Waals surface area contributed by atoms with E-state index in [1.807, 2.05) is 89.8 Å². The molecule has 0 N–H and O–H groups in total. The van der Waals surface area contributed by atoms with Crippen molar-refractivity contribution in [3.8, 4) is 0 Å². The van der Waals surface area contributed by atoms with Crippen molar-refractivity contribution in [1.29, 1.82) is 0 Å². The third kappa shape index (κ3) is 5.48. The fraction of sp³-hybridized carbons (Fsp3) is 0.636. The van der Waals surface area contributed by atoms with E-state index in [0.29, 0.717) is 42.3 Å². The van der Waals surface area contributed by atoms with E-state index in [1.54, 1.807) is 0 Å². The van der Waals surface area contributed by atoms with Gasteiger partial charge in [0.1, 0.15) is 0 Å². The summed E-state index contributed by atoms with van der Waals surface area (Å²) in [4.78, 5) is 1.93. The second-order valence-corrected chi connectivity index (χ2v) is 40.4. The summed E-state index contributed by atoms with van der Waals surface area (Å²) in [6.07, 6.45) is 1.97. The van der Waals surface area contributed by atoms with E-state index in [-0.39, 0.29) is 0 Å². The maximum atomic E-state index is 7.24. The molecule has 0 aromatic heterocycles. The third-order valence-corrected chi connectivity index (χ3v) is 50.7. The van der Waals surface area contributed by atoms with Gasteiger partial charge in [0.25, 0.3) is 0 Å². The number of hydrogen-bond acceptors (Lipinski definition) is 12. The first-order chi connectivity index (χ1) is 20.0. The van der Waals surface area contributed by atoms with E-state index in [0.717, 1.165) is 5.56 Å². The summed E-state index contributed by atoms with van der Waals surface area (Å²) in [7, 11) is -25.5. The Bertz CT molecular complexity index is 1080. The van der Waals surface area contributed by atoms with Crippen LogP contribution in [0.4, 0.5) is 0 Å². The predicted molar refractivity (Wildman–Crippen MR) is 168 cm³/mol. The van der Waals surface area contributed by atoms with Crippen LogP contribution < -0.4 is 0 Å². The molecule has 1 aromatic rings. The van der Waals surface area contributed by atoms with Crippen LogP contribution in [0.15, 0.2) is 35.2 Å². The fourth-order valence-electron chi connectivity index (χ4n) is 5.66. The average Bonchev–Trinajstić information content (AvgIpc) is 2.96. The molecule has 8 bridgehead atoms. The summed E-state index contributed by atoms with van der Waals surface area (Å²) >= 11 is -4.64. The molecule has 0 aliphatic carbocycles. The van der Waals surface area contributed by atoms with Crippen molar-refractivity contribution < 1.29 is 47.4 Å². The Morgan fingerprint density at radius 3 is 1.02 bits per heavy atom. The van der Waals surface area contributed by atoms with Crippen LogP contribution in [0, 0.1) is 0 Å². The Morgan fingerprint density at radius 2 is 0.738 bits per heavy atom. The predicted octanol–water partition coefficient (Wildman–Crippen LogP) is 5.16. The first-order valence-electron chi connectivity index (χ1n) is 15.1. The molecule has 0 radical (unpaired) electrons. The Morgan fingerprint density at radius 1 is 0.452 bits per heavy atom. The van der Waals surface area contributed by atoms with E-state index >= 15 is 0 Å². The maximum absolute atomic E-state index is 7.24. The van der Waals surface area contributed by atoms with Crippen LogP contribution in [0.25, 0.3) is 6.08 Å². The van der Waals surface area contributed by atoms with Gasteiger partial charge in [0, 0.05) is 0 Å². The van der Waals surface area contributed by atoms with Crippen molar-refractivity contribution in [2.24, 2.45) is 0 Å². The quantitative estimate of drug-likeness (QED) is 0.310. The van der Waals surface area contributed by atoms with Gasteiger partial charge in [-0.2, -0.15) is 0 Å². The molecule has 1 aromatic carbocycles. The molecule has 0 saturated carbocycles. The van der Waals surface area contributed by atoms with Crippen LogP contribution in [0.1, 0.15) is 54.0 Å². The zero-order valence-corrected chi connectivity index (χ0v) is 34.5. The number of rotatable bonds is 9. The van der Waals surface area contributed by atoms with E-state index in [4.69, 9.17) is 47.4 Å². The van der Waals surface area contributed by atoms with Crippen LogP contribution in [-0.2, 0) is 47.4 Å². The zero-order chi connectivity index (χ0) is 30.0. The first kappa shape index (κ1) is 32.5. The first-order valence-corrected chi connectivity index (χ1v) is 32.4. The van der Waals surface area contributed by atoms with Gasteiger partial charge in [-0.25, -0.2) is 0 Å². The van der Waals surface area contributed by atoms with E-state index in [2.05, 4.69) is 0 Å². The van der Waals surface area contributed by atoms with Crippen molar-refractivity contribution in [3.63, 3.8) is 0 Å². The molecule has 12 nitrogen and oxygen atoms in total. The molecule has 0 unspecified atom stereocenters. The summed E-state index contributed by atoms with van der Waals surface area (Å²) in [5.41, 5.74) is 0.971. The third-order valence-electron chi connectivity index (χ3n) is 8.00. The van der Waals surface area contributed by atoms with Gasteiger partial charge in [-0.3, -0.25) is 0 Å². The topological polar surface area (TPSA) is 111 Å². The standard InChI is InChI=1S/C22H42GeO12Si7/c1-8-36-24-23(21-20-22-18-16-15-17-19-22)25-37(9-2)29-39(11-4,27-36)33-42(14-7)34-40(12-5,28-36)30-38(10-3,26-23)32-41(13-6,31-37)35-42/h15-21H,8-14H2,1-7H3/b21-20+. The molecule has 0 amide bonds. The SMILES string of the molecule is CC[Si]12O[Si]3(CC)O[Si]4(CC)O[Si](CC)(O1)O[Si]1(CC)O[Si](CC)(O2)O[Si](CC)(O3)[O][Ge](/[CH]=C/c2ccccc2)([O]4)[O]1. The van der Waals surface area contributed by atoms with Crippen LogP contribution in [-0.4, -0.2) is 75.9 Å². The van der Waals surface area contributed by atoms with Gasteiger partial charge in [0.05, 0.1) is 0 Å². The van der Waals surface area contributed by atoms with Crippen LogP contribution in [0.3, 0.4) is 0 Å². The van der Waals surface area contributed by atoms with E-state index < -0.39 is 75.9 Å². The molecule has 0 atom stereocenters. The molecule has 6 saturated heterocycles. The van der Waals surface area contributed by atoms with Gasteiger partial charge in [0.2, 0.25) is 0 Å². The monoisotopic (exact) mass is 768 g/mol. The second-order valence-electron chi connectivity index (χ2n) is 10.8. The number of hydrogen-bond donors (Lipinski definition) is 0. The van der Waals surface area contributed by atoms with Gasteiger partial charge in [-0.05, 0) is 0 Å². The molecule has 20 heteroatoms. The van der Waals surface area contributed by atoms with Gasteiger partial charge < -0.3 is 0 Å². The van der Waals surface area contributed by atoms with E-state index in [9.17, 15) is 0 Å². The molecule has 0 spiro atoms. The summed E-state index contributed by atoms with van der Waals surface area (Å²) in [6.45, 7) is 13.9. The fourth-order valence-corrected chi connectivity index (χ4v) is 64.8. The Balaban J connectivity index is 1.66. The molecular weight excluding hydrogens is 725 g/mol.